The minimum absolute atomic E-state index is 0.0641. The zero-order valence-corrected chi connectivity index (χ0v) is 16.9. The third kappa shape index (κ3) is 3.28. The third-order valence-electron chi connectivity index (χ3n) is 5.67. The van der Waals surface area contributed by atoms with Gasteiger partial charge in [-0.15, -0.1) is 10.2 Å². The van der Waals surface area contributed by atoms with Crippen LogP contribution in [0.5, 0.6) is 0 Å². The van der Waals surface area contributed by atoms with Gasteiger partial charge in [-0.3, -0.25) is 14.6 Å². The number of quaternary nitrogens is 1. The SMILES string of the molecule is COCC[N+]1(C)c2nc(-c3ccc(-c4nnc[nH]4)cc3C)cnc2NC(=O)C1C. The fourth-order valence-corrected chi connectivity index (χ4v) is 3.64. The smallest absolute Gasteiger partial charge is 0.284 e. The lowest BCUT2D eigenvalue weighted by molar-refractivity contribution is -0.120. The molecule has 0 saturated heterocycles. The van der Waals surface area contributed by atoms with Crippen molar-refractivity contribution in [1.82, 2.24) is 29.6 Å². The third-order valence-corrected chi connectivity index (χ3v) is 5.67. The van der Waals surface area contributed by atoms with E-state index in [1.54, 1.807) is 19.6 Å². The van der Waals surface area contributed by atoms with Crippen LogP contribution >= 0.6 is 0 Å². The number of aromatic nitrogens is 5. The number of methoxy groups -OCH3 is 1. The normalized spacial score (nSPS) is 21.0. The van der Waals surface area contributed by atoms with E-state index in [0.29, 0.717) is 23.5 Å². The zero-order valence-electron chi connectivity index (χ0n) is 16.9. The summed E-state index contributed by atoms with van der Waals surface area (Å²) in [4.78, 5) is 24.9. The first-order valence-electron chi connectivity index (χ1n) is 9.44. The summed E-state index contributed by atoms with van der Waals surface area (Å²) in [6, 6.07) is 5.74. The molecule has 29 heavy (non-hydrogen) atoms. The number of nitrogens with zero attached hydrogens (tertiary/aromatic N) is 5. The van der Waals surface area contributed by atoms with Gasteiger partial charge in [-0.05, 0) is 25.5 Å². The summed E-state index contributed by atoms with van der Waals surface area (Å²) in [6.07, 6.45) is 3.26. The van der Waals surface area contributed by atoms with Crippen LogP contribution in [0.1, 0.15) is 12.5 Å². The van der Waals surface area contributed by atoms with Crippen LogP contribution in [0.2, 0.25) is 0 Å². The van der Waals surface area contributed by atoms with E-state index in [4.69, 9.17) is 9.72 Å². The van der Waals surface area contributed by atoms with E-state index in [1.165, 1.54) is 0 Å². The van der Waals surface area contributed by atoms with E-state index in [0.717, 1.165) is 34.0 Å². The number of hydrogen-bond acceptors (Lipinski definition) is 6. The van der Waals surface area contributed by atoms with Crippen LogP contribution in [0.3, 0.4) is 0 Å². The summed E-state index contributed by atoms with van der Waals surface area (Å²) in [5.74, 6) is 1.90. The number of rotatable bonds is 5. The van der Waals surface area contributed by atoms with Crippen molar-refractivity contribution in [3.8, 4) is 22.6 Å². The Morgan fingerprint density at radius 1 is 1.31 bits per heavy atom. The Balaban J connectivity index is 1.77. The Labute approximate surface area is 168 Å². The van der Waals surface area contributed by atoms with Crippen LogP contribution in [0.25, 0.3) is 22.6 Å². The second kappa shape index (κ2) is 7.34. The standard InChI is InChI=1S/C20H23N7O2/c1-12-9-14(17-22-11-23-26-17)5-6-15(12)16-10-21-18-19(24-16)27(3,7-8-29-4)13(2)20(28)25-18/h5-6,9-11,13H,7-8H2,1-4H3,(H-,21,22,23,24,25,26,28)/p+1. The van der Waals surface area contributed by atoms with Crippen LogP contribution in [0.4, 0.5) is 11.6 Å². The number of aromatic amines is 1. The Bertz CT molecular complexity index is 1050. The summed E-state index contributed by atoms with van der Waals surface area (Å²) >= 11 is 0. The second-order valence-electron chi connectivity index (χ2n) is 7.44. The lowest BCUT2D eigenvalue weighted by atomic mass is 10.0. The molecule has 0 fully saturated rings. The number of H-pyrrole nitrogens is 1. The van der Waals surface area contributed by atoms with Crippen molar-refractivity contribution in [2.45, 2.75) is 19.9 Å². The summed E-state index contributed by atoms with van der Waals surface area (Å²) in [7, 11) is 3.66. The Kier molecular flexibility index (Phi) is 4.85. The number of hydrogen-bond donors (Lipinski definition) is 2. The van der Waals surface area contributed by atoms with Gasteiger partial charge < -0.3 is 9.72 Å². The monoisotopic (exact) mass is 394 g/mol. The highest BCUT2D eigenvalue weighted by Gasteiger charge is 2.45. The highest BCUT2D eigenvalue weighted by atomic mass is 16.5. The Morgan fingerprint density at radius 3 is 2.83 bits per heavy atom. The van der Waals surface area contributed by atoms with Crippen molar-refractivity contribution in [2.24, 2.45) is 0 Å². The van der Waals surface area contributed by atoms with Gasteiger partial charge in [-0.25, -0.2) is 4.98 Å². The van der Waals surface area contributed by atoms with E-state index < -0.39 is 0 Å². The van der Waals surface area contributed by atoms with Gasteiger partial charge in [0.1, 0.15) is 12.9 Å². The van der Waals surface area contributed by atoms with Crippen LogP contribution in [0, 0.1) is 6.92 Å². The Hall–Kier alpha value is -3.17. The molecule has 9 heteroatoms. The molecule has 0 radical (unpaired) electrons. The molecule has 1 aliphatic heterocycles. The molecular formula is C20H24N7O2+. The lowest BCUT2D eigenvalue weighted by Crippen LogP contribution is -2.61. The molecule has 150 valence electrons. The quantitative estimate of drug-likeness (QED) is 0.643. The molecule has 2 aromatic heterocycles. The molecule has 2 unspecified atom stereocenters. The lowest BCUT2D eigenvalue weighted by Gasteiger charge is -2.40. The number of aryl methyl sites for hydroxylation is 1. The van der Waals surface area contributed by atoms with Crippen LogP contribution in [-0.4, -0.2) is 64.4 Å². The summed E-state index contributed by atoms with van der Waals surface area (Å²) in [5.41, 5.74) is 3.74. The fraction of sp³-hybridized carbons (Fsp3) is 0.350. The molecule has 1 aromatic carbocycles. The number of benzene rings is 1. The molecule has 9 nitrogen and oxygen atoms in total. The van der Waals surface area contributed by atoms with Gasteiger partial charge in [0, 0.05) is 18.2 Å². The number of ether oxygens (including phenoxy) is 1. The summed E-state index contributed by atoms with van der Waals surface area (Å²) in [5, 5.41) is 10.8. The van der Waals surface area contributed by atoms with Gasteiger partial charge in [-0.2, -0.15) is 4.98 Å². The molecule has 0 spiro atoms. The zero-order chi connectivity index (χ0) is 20.6. The molecule has 2 atom stereocenters. The van der Waals surface area contributed by atoms with Gasteiger partial charge in [0.2, 0.25) is 5.82 Å². The van der Waals surface area contributed by atoms with Gasteiger partial charge in [0.05, 0.1) is 25.5 Å². The fourth-order valence-electron chi connectivity index (χ4n) is 3.64. The topological polar surface area (TPSA) is 106 Å². The first-order valence-corrected chi connectivity index (χ1v) is 9.44. The molecule has 0 bridgehead atoms. The number of carbonyl (C=O) groups excluding carboxylic acids is 1. The molecule has 3 heterocycles. The highest BCUT2D eigenvalue weighted by Crippen LogP contribution is 2.36. The van der Waals surface area contributed by atoms with Crippen molar-refractivity contribution < 1.29 is 9.53 Å². The van der Waals surface area contributed by atoms with Crippen molar-refractivity contribution >= 4 is 17.5 Å². The first kappa shape index (κ1) is 19.2. The van der Waals surface area contributed by atoms with Crippen molar-refractivity contribution in [3.63, 3.8) is 0 Å². The minimum atomic E-state index is -0.294. The molecule has 0 saturated carbocycles. The summed E-state index contributed by atoms with van der Waals surface area (Å²) in [6.45, 7) is 5.07. The van der Waals surface area contributed by atoms with Gasteiger partial charge >= 0.3 is 0 Å². The van der Waals surface area contributed by atoms with Crippen molar-refractivity contribution in [1.29, 1.82) is 0 Å². The number of fused-ring (bicyclic) bond motifs is 1. The van der Waals surface area contributed by atoms with Crippen molar-refractivity contribution in [2.75, 3.05) is 32.6 Å². The van der Waals surface area contributed by atoms with Crippen molar-refractivity contribution in [3.05, 3.63) is 36.3 Å². The maximum Gasteiger partial charge on any atom is 0.284 e. The Morgan fingerprint density at radius 2 is 2.14 bits per heavy atom. The maximum atomic E-state index is 12.4. The first-order chi connectivity index (χ1) is 13.9. The van der Waals surface area contributed by atoms with E-state index >= 15 is 0 Å². The summed E-state index contributed by atoms with van der Waals surface area (Å²) < 4.78 is 5.62. The molecule has 2 N–H and O–H groups in total. The van der Waals surface area contributed by atoms with Gasteiger partial charge in [-0.1, -0.05) is 12.1 Å². The highest BCUT2D eigenvalue weighted by molar-refractivity contribution is 6.00. The van der Waals surface area contributed by atoms with Gasteiger partial charge in [0.25, 0.3) is 11.7 Å². The molecule has 4 rings (SSSR count). The second-order valence-corrected chi connectivity index (χ2v) is 7.44. The van der Waals surface area contributed by atoms with Crippen LogP contribution in [-0.2, 0) is 9.53 Å². The van der Waals surface area contributed by atoms with E-state index in [1.807, 2.05) is 39.1 Å². The van der Waals surface area contributed by atoms with Crippen LogP contribution in [0.15, 0.2) is 30.7 Å². The van der Waals surface area contributed by atoms with E-state index in [2.05, 4.69) is 25.5 Å². The van der Waals surface area contributed by atoms with Crippen LogP contribution < -0.4 is 9.80 Å². The number of carbonyl (C=O) groups is 1. The molecule has 0 aliphatic carbocycles. The maximum absolute atomic E-state index is 12.4. The number of likely N-dealkylation sites (N-methyl/N-ethyl adjacent to an activating group) is 1. The number of anilines is 1. The predicted octanol–water partition coefficient (Wildman–Crippen LogP) is 2.16. The predicted molar refractivity (Wildman–Crippen MR) is 110 cm³/mol. The average Bonchev–Trinajstić information content (AvgIpc) is 3.26. The molecule has 1 aliphatic rings. The van der Waals surface area contributed by atoms with E-state index in [-0.39, 0.29) is 11.9 Å². The average molecular weight is 394 g/mol. The molecular weight excluding hydrogens is 370 g/mol. The van der Waals surface area contributed by atoms with Gasteiger partial charge in [0.15, 0.2) is 11.9 Å². The molecule has 1 amide bonds. The number of amides is 1. The minimum Gasteiger partial charge on any atom is -0.379 e. The molecule has 3 aromatic rings. The van der Waals surface area contributed by atoms with E-state index in [9.17, 15) is 4.79 Å². The number of nitrogens with one attached hydrogen (secondary N) is 2. The largest absolute Gasteiger partial charge is 0.379 e.